The molecule has 96 valence electrons. The molecule has 1 aliphatic heterocycles. The minimum absolute atomic E-state index is 0.115. The van der Waals surface area contributed by atoms with Crippen molar-refractivity contribution in [1.29, 1.82) is 0 Å². The molecule has 8 heteroatoms. The van der Waals surface area contributed by atoms with Crippen molar-refractivity contribution in [2.45, 2.75) is 24.9 Å². The smallest absolute Gasteiger partial charge is 0.278 e. The first-order valence-electron chi connectivity index (χ1n) is 5.51. The molecule has 3 atom stereocenters. The molecule has 3 heterocycles. The van der Waals surface area contributed by atoms with E-state index in [4.69, 9.17) is 9.84 Å². The topological polar surface area (TPSA) is 93.0 Å². The third-order valence-corrected chi connectivity index (χ3v) is 2.97. The van der Waals surface area contributed by atoms with Gasteiger partial charge < -0.3 is 14.8 Å². The first kappa shape index (κ1) is 11.3. The van der Waals surface area contributed by atoms with E-state index in [1.807, 2.05) is 0 Å². The molecule has 0 spiro atoms. The van der Waals surface area contributed by atoms with Crippen LogP contribution >= 0.6 is 0 Å². The van der Waals surface area contributed by atoms with Crippen molar-refractivity contribution in [3.05, 3.63) is 23.0 Å². The van der Waals surface area contributed by atoms with E-state index in [0.717, 1.165) is 0 Å². The van der Waals surface area contributed by atoms with Gasteiger partial charge in [0.1, 0.15) is 6.17 Å². The molecule has 1 unspecified atom stereocenters. The van der Waals surface area contributed by atoms with E-state index < -0.39 is 18.5 Å². The van der Waals surface area contributed by atoms with Crippen LogP contribution in [0.3, 0.4) is 0 Å². The summed E-state index contributed by atoms with van der Waals surface area (Å²) < 4.78 is 20.6. The van der Waals surface area contributed by atoms with Crippen LogP contribution < -0.4 is 5.56 Å². The third kappa shape index (κ3) is 1.61. The summed E-state index contributed by atoms with van der Waals surface area (Å²) in [6, 6.07) is 0. The van der Waals surface area contributed by atoms with Gasteiger partial charge in [0.25, 0.3) is 5.56 Å². The summed E-state index contributed by atoms with van der Waals surface area (Å²) in [6.07, 6.45) is -0.0331. The van der Waals surface area contributed by atoms with Crippen molar-refractivity contribution in [3.8, 4) is 0 Å². The molecule has 0 aromatic carbocycles. The number of hydrogen-bond donors (Lipinski definition) is 2. The number of aliphatic hydroxyl groups is 1. The van der Waals surface area contributed by atoms with Gasteiger partial charge in [-0.05, 0) is 0 Å². The van der Waals surface area contributed by atoms with Crippen LogP contribution in [0.4, 0.5) is 4.39 Å². The van der Waals surface area contributed by atoms with Gasteiger partial charge >= 0.3 is 0 Å². The monoisotopic (exact) mass is 254 g/mol. The molecule has 1 fully saturated rings. The highest BCUT2D eigenvalue weighted by Crippen LogP contribution is 2.32. The number of ether oxygens (including phenoxy) is 1. The van der Waals surface area contributed by atoms with Crippen molar-refractivity contribution in [1.82, 2.24) is 19.5 Å². The average Bonchev–Trinajstić information content (AvgIpc) is 2.93. The van der Waals surface area contributed by atoms with E-state index in [-0.39, 0.29) is 29.8 Å². The second-order valence-corrected chi connectivity index (χ2v) is 4.14. The van der Waals surface area contributed by atoms with Gasteiger partial charge in [0, 0.05) is 6.42 Å². The Balaban J connectivity index is 2.05. The van der Waals surface area contributed by atoms with Crippen molar-refractivity contribution in [2.75, 3.05) is 6.61 Å². The highest BCUT2D eigenvalue weighted by molar-refractivity contribution is 5.68. The number of fused-ring (bicyclic) bond motifs is 1. The molecule has 2 N–H and O–H groups in total. The number of nitrogens with one attached hydrogen (secondary N) is 1. The Labute approximate surface area is 100 Å². The molecule has 0 aliphatic carbocycles. The molecule has 0 amide bonds. The maximum Gasteiger partial charge on any atom is 0.278 e. The van der Waals surface area contributed by atoms with Gasteiger partial charge in [0.2, 0.25) is 0 Å². The summed E-state index contributed by atoms with van der Waals surface area (Å²) in [5.74, 6) is 0. The molecule has 3 rings (SSSR count). The summed E-state index contributed by atoms with van der Waals surface area (Å²) >= 11 is 0. The van der Waals surface area contributed by atoms with Gasteiger partial charge in [-0.2, -0.15) is 0 Å². The molecule has 18 heavy (non-hydrogen) atoms. The molecule has 0 bridgehead atoms. The van der Waals surface area contributed by atoms with Crippen molar-refractivity contribution < 1.29 is 14.2 Å². The molecule has 0 saturated carbocycles. The number of halogens is 1. The Morgan fingerprint density at radius 2 is 2.44 bits per heavy atom. The highest BCUT2D eigenvalue weighted by Gasteiger charge is 2.37. The van der Waals surface area contributed by atoms with E-state index in [1.165, 1.54) is 17.2 Å². The number of H-pyrrole nitrogens is 1. The molecule has 1 aliphatic rings. The van der Waals surface area contributed by atoms with E-state index in [0.29, 0.717) is 0 Å². The van der Waals surface area contributed by atoms with Crippen LogP contribution in [0.15, 0.2) is 17.4 Å². The summed E-state index contributed by atoms with van der Waals surface area (Å²) in [5.41, 5.74) is 0.0246. The van der Waals surface area contributed by atoms with Crippen molar-refractivity contribution in [3.63, 3.8) is 0 Å². The Kier molecular flexibility index (Phi) is 2.60. The summed E-state index contributed by atoms with van der Waals surface area (Å²) in [7, 11) is 0. The highest BCUT2D eigenvalue weighted by atomic mass is 19.1. The van der Waals surface area contributed by atoms with Crippen LogP contribution in [-0.2, 0) is 4.74 Å². The predicted octanol–water partition coefficient (Wildman–Crippen LogP) is -0.263. The second-order valence-electron chi connectivity index (χ2n) is 4.14. The summed E-state index contributed by atoms with van der Waals surface area (Å²) in [6.45, 7) is -0.239. The normalized spacial score (nSPS) is 28.0. The maximum atomic E-state index is 13.8. The zero-order valence-corrected chi connectivity index (χ0v) is 9.28. The summed E-state index contributed by atoms with van der Waals surface area (Å²) in [4.78, 5) is 21.7. The molecule has 7 nitrogen and oxygen atoms in total. The number of aromatic nitrogens is 4. The fourth-order valence-electron chi connectivity index (χ4n) is 2.11. The fraction of sp³-hybridized carbons (Fsp3) is 0.500. The van der Waals surface area contributed by atoms with E-state index in [1.54, 1.807) is 0 Å². The standard InChI is InChI=1S/C10H11FN4O3/c11-6-1-5(2-16)18-10(6)15-4-14-7-8(15)12-3-13-9(7)17/h3-6,10,16H,1-2H2,(H,12,13,17)/t5-,6-,10?/m0/s1. The average molecular weight is 254 g/mol. The zero-order valence-electron chi connectivity index (χ0n) is 9.28. The lowest BCUT2D eigenvalue weighted by molar-refractivity contribution is -0.0351. The number of alkyl halides is 1. The molecule has 0 radical (unpaired) electrons. The Morgan fingerprint density at radius 3 is 3.17 bits per heavy atom. The van der Waals surface area contributed by atoms with Gasteiger partial charge in [0.05, 0.1) is 25.4 Å². The van der Waals surface area contributed by atoms with Crippen LogP contribution in [0, 0.1) is 0 Å². The molecule has 2 aromatic heterocycles. The molecule has 2 aromatic rings. The lowest BCUT2D eigenvalue weighted by Gasteiger charge is -2.14. The van der Waals surface area contributed by atoms with Crippen LogP contribution in [0.25, 0.3) is 11.2 Å². The lowest BCUT2D eigenvalue weighted by Crippen LogP contribution is -2.17. The van der Waals surface area contributed by atoms with E-state index >= 15 is 0 Å². The number of aromatic amines is 1. The first-order chi connectivity index (χ1) is 8.70. The third-order valence-electron chi connectivity index (χ3n) is 2.97. The van der Waals surface area contributed by atoms with Crippen molar-refractivity contribution in [2.24, 2.45) is 0 Å². The minimum atomic E-state index is -1.26. The maximum absolute atomic E-state index is 13.8. The second kappa shape index (κ2) is 4.14. The van der Waals surface area contributed by atoms with Crippen LogP contribution in [0.5, 0.6) is 0 Å². The van der Waals surface area contributed by atoms with E-state index in [2.05, 4.69) is 15.0 Å². The number of nitrogens with zero attached hydrogens (tertiary/aromatic N) is 3. The molecular weight excluding hydrogens is 243 g/mol. The van der Waals surface area contributed by atoms with Gasteiger partial charge in [0.15, 0.2) is 17.4 Å². The van der Waals surface area contributed by atoms with Crippen LogP contribution in [-0.4, -0.2) is 43.5 Å². The number of imidazole rings is 1. The van der Waals surface area contributed by atoms with E-state index in [9.17, 15) is 9.18 Å². The Bertz CT molecular complexity index is 625. The number of aliphatic hydroxyl groups excluding tert-OH is 1. The first-order valence-corrected chi connectivity index (χ1v) is 5.51. The zero-order chi connectivity index (χ0) is 12.7. The van der Waals surface area contributed by atoms with Crippen molar-refractivity contribution >= 4 is 11.2 Å². The number of hydrogen-bond acceptors (Lipinski definition) is 5. The molecule has 1 saturated heterocycles. The van der Waals surface area contributed by atoms with Gasteiger partial charge in [-0.25, -0.2) is 14.4 Å². The predicted molar refractivity (Wildman–Crippen MR) is 58.7 cm³/mol. The quantitative estimate of drug-likeness (QED) is 0.770. The Hall–Kier alpha value is -1.80. The van der Waals surface area contributed by atoms with Gasteiger partial charge in [-0.1, -0.05) is 0 Å². The Morgan fingerprint density at radius 1 is 1.61 bits per heavy atom. The fourth-order valence-corrected chi connectivity index (χ4v) is 2.11. The number of rotatable bonds is 2. The minimum Gasteiger partial charge on any atom is -0.394 e. The summed E-state index contributed by atoms with van der Waals surface area (Å²) in [5, 5.41) is 8.97. The lowest BCUT2D eigenvalue weighted by atomic mass is 10.2. The largest absolute Gasteiger partial charge is 0.394 e. The van der Waals surface area contributed by atoms with Gasteiger partial charge in [-0.3, -0.25) is 9.36 Å². The van der Waals surface area contributed by atoms with Crippen LogP contribution in [0.2, 0.25) is 0 Å². The molecular formula is C10H11FN4O3. The van der Waals surface area contributed by atoms with Crippen LogP contribution in [0.1, 0.15) is 12.6 Å². The SMILES string of the molecule is O=c1[nH]cnc2c1ncn2C1O[C@H](CO)C[C@@H]1F. The van der Waals surface area contributed by atoms with Gasteiger partial charge in [-0.15, -0.1) is 0 Å².